The number of amides is 1. The van der Waals surface area contributed by atoms with Gasteiger partial charge in [-0.2, -0.15) is 0 Å². The van der Waals surface area contributed by atoms with Gasteiger partial charge in [-0.3, -0.25) is 4.79 Å². The number of hydrogen-bond donors (Lipinski definition) is 2. The van der Waals surface area contributed by atoms with Gasteiger partial charge in [0, 0.05) is 20.2 Å². The van der Waals surface area contributed by atoms with Crippen molar-refractivity contribution in [1.82, 2.24) is 10.6 Å². The van der Waals surface area contributed by atoms with Crippen molar-refractivity contribution in [3.05, 3.63) is 0 Å². The zero-order valence-electron chi connectivity index (χ0n) is 12.7. The molecule has 1 aliphatic heterocycles. The van der Waals surface area contributed by atoms with Gasteiger partial charge in [0.25, 0.3) is 0 Å². The van der Waals surface area contributed by atoms with E-state index in [0.29, 0.717) is 0 Å². The molecule has 4 heteroatoms. The summed E-state index contributed by atoms with van der Waals surface area (Å²) in [5.41, 5.74) is 0. The lowest BCUT2D eigenvalue weighted by Gasteiger charge is -2.11. The molecular formula is C15H30N2O2. The Morgan fingerprint density at radius 3 is 2.68 bits per heavy atom. The number of ether oxygens (including phenoxy) is 1. The molecule has 1 aliphatic rings. The number of hydrogen-bond acceptors (Lipinski definition) is 3. The maximum Gasteiger partial charge on any atom is 0.237 e. The van der Waals surface area contributed by atoms with Crippen LogP contribution in [0.5, 0.6) is 0 Å². The van der Waals surface area contributed by atoms with Crippen LogP contribution in [0.25, 0.3) is 0 Å². The number of nitrogens with one attached hydrogen (secondary N) is 2. The van der Waals surface area contributed by atoms with Gasteiger partial charge in [-0.25, -0.2) is 0 Å². The summed E-state index contributed by atoms with van der Waals surface area (Å²) < 4.78 is 5.24. The van der Waals surface area contributed by atoms with Crippen molar-refractivity contribution in [2.24, 2.45) is 5.92 Å². The maximum absolute atomic E-state index is 11.9. The third-order valence-corrected chi connectivity index (χ3v) is 3.75. The van der Waals surface area contributed by atoms with Crippen LogP contribution in [0.4, 0.5) is 0 Å². The quantitative estimate of drug-likeness (QED) is 0.631. The average Bonchev–Trinajstić information content (AvgIpc) is 2.85. The minimum Gasteiger partial charge on any atom is -0.380 e. The van der Waals surface area contributed by atoms with Crippen LogP contribution in [0.15, 0.2) is 0 Å². The Hall–Kier alpha value is -0.610. The zero-order valence-corrected chi connectivity index (χ0v) is 12.7. The minimum absolute atomic E-state index is 0.0640. The standard InChI is InChI=1S/C15H30N2O2/c1-12(2)8-6-4-5-7-9-16-15(18)14-10-13(19-3)11-17-14/h12-14,17H,4-11H2,1-3H3,(H,16,18). The van der Waals surface area contributed by atoms with Crippen molar-refractivity contribution >= 4 is 5.91 Å². The summed E-state index contributed by atoms with van der Waals surface area (Å²) in [6.45, 7) is 6.12. The highest BCUT2D eigenvalue weighted by atomic mass is 16.5. The van der Waals surface area contributed by atoms with Crippen LogP contribution >= 0.6 is 0 Å². The van der Waals surface area contributed by atoms with E-state index in [1.165, 1.54) is 25.7 Å². The number of unbranched alkanes of at least 4 members (excludes halogenated alkanes) is 3. The predicted molar refractivity (Wildman–Crippen MR) is 78.1 cm³/mol. The van der Waals surface area contributed by atoms with E-state index >= 15 is 0 Å². The van der Waals surface area contributed by atoms with Crippen molar-refractivity contribution in [2.75, 3.05) is 20.2 Å². The van der Waals surface area contributed by atoms with Gasteiger partial charge in [0.05, 0.1) is 12.1 Å². The van der Waals surface area contributed by atoms with Crippen LogP contribution in [-0.2, 0) is 9.53 Å². The second-order valence-electron chi connectivity index (χ2n) is 5.94. The van der Waals surface area contributed by atoms with Crippen molar-refractivity contribution in [3.8, 4) is 0 Å². The van der Waals surface area contributed by atoms with Gasteiger partial charge in [0.2, 0.25) is 5.91 Å². The number of rotatable bonds is 9. The lowest BCUT2D eigenvalue weighted by atomic mass is 10.0. The Morgan fingerprint density at radius 1 is 1.32 bits per heavy atom. The van der Waals surface area contributed by atoms with E-state index in [4.69, 9.17) is 4.74 Å². The van der Waals surface area contributed by atoms with E-state index in [1.54, 1.807) is 7.11 Å². The molecule has 0 bridgehead atoms. The van der Waals surface area contributed by atoms with Crippen molar-refractivity contribution in [1.29, 1.82) is 0 Å². The Kier molecular flexibility index (Phi) is 8.07. The number of methoxy groups -OCH3 is 1. The third-order valence-electron chi connectivity index (χ3n) is 3.75. The molecule has 1 saturated heterocycles. The van der Waals surface area contributed by atoms with Crippen LogP contribution in [0.3, 0.4) is 0 Å². The fraction of sp³-hybridized carbons (Fsp3) is 0.933. The van der Waals surface area contributed by atoms with Crippen LogP contribution in [0.2, 0.25) is 0 Å². The van der Waals surface area contributed by atoms with Crippen LogP contribution < -0.4 is 10.6 Å². The van der Waals surface area contributed by atoms with E-state index in [1.807, 2.05) is 0 Å². The van der Waals surface area contributed by atoms with Crippen molar-refractivity contribution in [2.45, 2.75) is 64.5 Å². The Labute approximate surface area is 117 Å². The maximum atomic E-state index is 11.9. The van der Waals surface area contributed by atoms with E-state index in [-0.39, 0.29) is 18.1 Å². The fourth-order valence-corrected chi connectivity index (χ4v) is 2.45. The second kappa shape index (κ2) is 9.32. The van der Waals surface area contributed by atoms with Gasteiger partial charge in [-0.15, -0.1) is 0 Å². The predicted octanol–water partition coefficient (Wildman–Crippen LogP) is 2.09. The van der Waals surface area contributed by atoms with Gasteiger partial charge < -0.3 is 15.4 Å². The van der Waals surface area contributed by atoms with Crippen LogP contribution in [0.1, 0.15) is 52.4 Å². The molecule has 0 aromatic carbocycles. The van der Waals surface area contributed by atoms with Crippen molar-refractivity contribution in [3.63, 3.8) is 0 Å². The molecule has 0 spiro atoms. The highest BCUT2D eigenvalue weighted by Gasteiger charge is 2.28. The number of carbonyl (C=O) groups excluding carboxylic acids is 1. The summed E-state index contributed by atoms with van der Waals surface area (Å²) in [5, 5.41) is 6.21. The fourth-order valence-electron chi connectivity index (χ4n) is 2.45. The second-order valence-corrected chi connectivity index (χ2v) is 5.94. The van der Waals surface area contributed by atoms with Crippen molar-refractivity contribution < 1.29 is 9.53 Å². The summed E-state index contributed by atoms with van der Waals surface area (Å²) in [6.07, 6.45) is 7.18. The summed E-state index contributed by atoms with van der Waals surface area (Å²) in [4.78, 5) is 11.9. The molecule has 4 nitrogen and oxygen atoms in total. The van der Waals surface area contributed by atoms with E-state index in [0.717, 1.165) is 31.8 Å². The first-order chi connectivity index (χ1) is 9.13. The highest BCUT2D eigenvalue weighted by Crippen LogP contribution is 2.10. The van der Waals surface area contributed by atoms with E-state index in [2.05, 4.69) is 24.5 Å². The average molecular weight is 270 g/mol. The molecule has 1 rings (SSSR count). The molecule has 1 heterocycles. The van der Waals surface area contributed by atoms with Gasteiger partial charge in [0.1, 0.15) is 0 Å². The molecule has 2 atom stereocenters. The zero-order chi connectivity index (χ0) is 14.1. The molecule has 0 saturated carbocycles. The molecule has 1 amide bonds. The SMILES string of the molecule is COC1CNC(C(=O)NCCCCCCC(C)C)C1. The van der Waals surface area contributed by atoms with E-state index < -0.39 is 0 Å². The lowest BCUT2D eigenvalue weighted by molar-refractivity contribution is -0.122. The Bertz CT molecular complexity index is 257. The Balaban J connectivity index is 1.96. The first-order valence-corrected chi connectivity index (χ1v) is 7.67. The molecule has 0 aliphatic carbocycles. The minimum atomic E-state index is -0.0640. The summed E-state index contributed by atoms with van der Waals surface area (Å²) in [5.74, 6) is 0.934. The number of carbonyl (C=O) groups is 1. The first-order valence-electron chi connectivity index (χ1n) is 7.67. The van der Waals surface area contributed by atoms with Gasteiger partial charge in [-0.05, 0) is 18.8 Å². The van der Waals surface area contributed by atoms with Crippen LogP contribution in [0, 0.1) is 5.92 Å². The monoisotopic (exact) mass is 270 g/mol. The molecule has 1 fully saturated rings. The molecule has 0 aromatic rings. The topological polar surface area (TPSA) is 50.4 Å². The Morgan fingerprint density at radius 2 is 2.05 bits per heavy atom. The molecule has 2 unspecified atom stereocenters. The summed E-state index contributed by atoms with van der Waals surface area (Å²) in [7, 11) is 1.70. The third kappa shape index (κ3) is 6.92. The lowest BCUT2D eigenvalue weighted by Crippen LogP contribution is -2.40. The molecule has 2 N–H and O–H groups in total. The molecule has 112 valence electrons. The molecule has 0 aromatic heterocycles. The molecule has 0 radical (unpaired) electrons. The normalized spacial score (nSPS) is 22.9. The molecule has 19 heavy (non-hydrogen) atoms. The largest absolute Gasteiger partial charge is 0.380 e. The van der Waals surface area contributed by atoms with Crippen LogP contribution in [-0.4, -0.2) is 38.3 Å². The summed E-state index contributed by atoms with van der Waals surface area (Å²) in [6, 6.07) is -0.0640. The van der Waals surface area contributed by atoms with Gasteiger partial charge in [-0.1, -0.05) is 39.5 Å². The molecular weight excluding hydrogens is 240 g/mol. The summed E-state index contributed by atoms with van der Waals surface area (Å²) >= 11 is 0. The van der Waals surface area contributed by atoms with Gasteiger partial charge >= 0.3 is 0 Å². The van der Waals surface area contributed by atoms with E-state index in [9.17, 15) is 4.79 Å². The van der Waals surface area contributed by atoms with Gasteiger partial charge in [0.15, 0.2) is 0 Å². The smallest absolute Gasteiger partial charge is 0.237 e. The highest BCUT2D eigenvalue weighted by molar-refractivity contribution is 5.82. The first kappa shape index (κ1) is 16.4.